The molecule has 0 radical (unpaired) electrons. The standard InChI is InChI=1S/C64H51N3/c1-44-19-28-52(29-20-44)65(53-30-21-45(2)22-31-53)57-38-40-60-61(42-57)63(49-14-7-5-8-15-49)59-39-37-58(66(54-32-23-46(3)24-33-54)55-34-25-47(4)26-35-55)43-62(59)64(60)67(51-17-9-6-10-18-51)56-36-27-48-13-11-12-16-50(48)41-56/h5-43H,1-4H3. The predicted octanol–water partition coefficient (Wildman–Crippen LogP) is 18.5. The molecule has 0 atom stereocenters. The molecule has 0 aromatic heterocycles. The zero-order chi connectivity index (χ0) is 45.4. The van der Waals surface area contributed by atoms with Crippen LogP contribution in [-0.2, 0) is 0 Å². The Balaban J connectivity index is 1.27. The summed E-state index contributed by atoms with van der Waals surface area (Å²) in [7, 11) is 0. The third-order valence-corrected chi connectivity index (χ3v) is 13.0. The smallest absolute Gasteiger partial charge is 0.0619 e. The van der Waals surface area contributed by atoms with E-state index in [9.17, 15) is 0 Å². The molecule has 0 fully saturated rings. The molecule has 11 aromatic rings. The first-order chi connectivity index (χ1) is 32.9. The number of benzene rings is 11. The Hall–Kier alpha value is -8.40. The molecule has 0 saturated carbocycles. The minimum absolute atomic E-state index is 1.08. The summed E-state index contributed by atoms with van der Waals surface area (Å²) >= 11 is 0. The van der Waals surface area contributed by atoms with E-state index in [4.69, 9.17) is 0 Å². The summed E-state index contributed by atoms with van der Waals surface area (Å²) in [6.45, 7) is 8.59. The number of para-hydroxylation sites is 1. The lowest BCUT2D eigenvalue weighted by Gasteiger charge is -2.32. The molecule has 0 saturated heterocycles. The maximum Gasteiger partial charge on any atom is 0.0619 e. The van der Waals surface area contributed by atoms with Gasteiger partial charge in [0.25, 0.3) is 0 Å². The van der Waals surface area contributed by atoms with E-state index in [1.807, 2.05) is 0 Å². The van der Waals surface area contributed by atoms with E-state index in [2.05, 4.69) is 279 Å². The lowest BCUT2D eigenvalue weighted by atomic mass is 9.89. The van der Waals surface area contributed by atoms with Crippen LogP contribution in [0.15, 0.2) is 237 Å². The van der Waals surface area contributed by atoms with Crippen LogP contribution < -0.4 is 14.7 Å². The fourth-order valence-electron chi connectivity index (χ4n) is 9.59. The minimum atomic E-state index is 1.08. The second-order valence-corrected chi connectivity index (χ2v) is 17.8. The van der Waals surface area contributed by atoms with Gasteiger partial charge in [0.05, 0.1) is 5.69 Å². The van der Waals surface area contributed by atoms with Crippen molar-refractivity contribution in [3.8, 4) is 11.1 Å². The van der Waals surface area contributed by atoms with Crippen LogP contribution in [0.5, 0.6) is 0 Å². The summed E-state index contributed by atoms with van der Waals surface area (Å²) in [4.78, 5) is 7.26. The Labute approximate surface area is 394 Å². The first-order valence-corrected chi connectivity index (χ1v) is 23.2. The van der Waals surface area contributed by atoms with Crippen LogP contribution in [0.3, 0.4) is 0 Å². The molecule has 11 aromatic carbocycles. The van der Waals surface area contributed by atoms with Gasteiger partial charge in [0.1, 0.15) is 0 Å². The van der Waals surface area contributed by atoms with Gasteiger partial charge in [-0.3, -0.25) is 0 Å². The van der Waals surface area contributed by atoms with Crippen molar-refractivity contribution in [2.45, 2.75) is 27.7 Å². The second-order valence-electron chi connectivity index (χ2n) is 17.8. The monoisotopic (exact) mass is 861 g/mol. The average Bonchev–Trinajstić information content (AvgIpc) is 3.37. The Kier molecular flexibility index (Phi) is 10.8. The van der Waals surface area contributed by atoms with Crippen molar-refractivity contribution in [1.29, 1.82) is 0 Å². The maximum atomic E-state index is 2.48. The van der Waals surface area contributed by atoms with Gasteiger partial charge in [-0.15, -0.1) is 0 Å². The molecule has 0 bridgehead atoms. The van der Waals surface area contributed by atoms with Crippen LogP contribution in [-0.4, -0.2) is 0 Å². The van der Waals surface area contributed by atoms with E-state index in [-0.39, 0.29) is 0 Å². The highest BCUT2D eigenvalue weighted by atomic mass is 15.2. The summed E-state index contributed by atoms with van der Waals surface area (Å²) in [5.74, 6) is 0. The van der Waals surface area contributed by atoms with E-state index in [1.165, 1.54) is 49.4 Å². The molecular weight excluding hydrogens is 811 g/mol. The van der Waals surface area contributed by atoms with E-state index in [0.29, 0.717) is 0 Å². The largest absolute Gasteiger partial charge is 0.310 e. The zero-order valence-electron chi connectivity index (χ0n) is 38.4. The van der Waals surface area contributed by atoms with Crippen molar-refractivity contribution >= 4 is 83.5 Å². The highest BCUT2D eigenvalue weighted by molar-refractivity contribution is 6.23. The lowest BCUT2D eigenvalue weighted by molar-refractivity contribution is 1.27. The minimum Gasteiger partial charge on any atom is -0.310 e. The lowest BCUT2D eigenvalue weighted by Crippen LogP contribution is -2.13. The highest BCUT2D eigenvalue weighted by Crippen LogP contribution is 2.51. The van der Waals surface area contributed by atoms with Crippen molar-refractivity contribution in [2.75, 3.05) is 14.7 Å². The summed E-state index contributed by atoms with van der Waals surface area (Å²) in [5, 5.41) is 7.02. The Bertz CT molecular complexity index is 3440. The van der Waals surface area contributed by atoms with Crippen molar-refractivity contribution in [3.05, 3.63) is 259 Å². The molecule has 67 heavy (non-hydrogen) atoms. The third kappa shape index (κ3) is 7.96. The molecule has 0 heterocycles. The van der Waals surface area contributed by atoms with E-state index in [1.54, 1.807) is 0 Å². The SMILES string of the molecule is Cc1ccc(N(c2ccc(C)cc2)c2ccc3c(N(c4ccccc4)c4ccc5ccccc5c4)c4cc(N(c5ccc(C)cc5)c5ccc(C)cc5)ccc4c(-c4ccccc4)c3c2)cc1. The maximum absolute atomic E-state index is 2.48. The number of hydrogen-bond acceptors (Lipinski definition) is 3. The molecule has 0 aliphatic heterocycles. The van der Waals surface area contributed by atoms with Crippen molar-refractivity contribution in [3.63, 3.8) is 0 Å². The van der Waals surface area contributed by atoms with E-state index < -0.39 is 0 Å². The van der Waals surface area contributed by atoms with Crippen LogP contribution in [0.2, 0.25) is 0 Å². The van der Waals surface area contributed by atoms with Gasteiger partial charge < -0.3 is 14.7 Å². The molecule has 0 amide bonds. The number of aryl methyl sites for hydroxylation is 4. The normalized spacial score (nSPS) is 11.3. The topological polar surface area (TPSA) is 9.72 Å². The van der Waals surface area contributed by atoms with Gasteiger partial charge in [-0.2, -0.15) is 0 Å². The summed E-state index contributed by atoms with van der Waals surface area (Å²) < 4.78 is 0. The first-order valence-electron chi connectivity index (χ1n) is 23.2. The van der Waals surface area contributed by atoms with Crippen LogP contribution >= 0.6 is 0 Å². The van der Waals surface area contributed by atoms with Crippen molar-refractivity contribution in [2.24, 2.45) is 0 Å². The Morgan fingerprint density at radius 1 is 0.239 bits per heavy atom. The molecular formula is C64H51N3. The Morgan fingerprint density at radius 3 is 1.12 bits per heavy atom. The second kappa shape index (κ2) is 17.5. The van der Waals surface area contributed by atoms with Gasteiger partial charge in [-0.05, 0) is 157 Å². The molecule has 0 aliphatic rings. The molecule has 11 rings (SSSR count). The number of fused-ring (bicyclic) bond motifs is 3. The van der Waals surface area contributed by atoms with Crippen LogP contribution in [0.1, 0.15) is 22.3 Å². The van der Waals surface area contributed by atoms with Gasteiger partial charge in [-0.1, -0.05) is 162 Å². The summed E-state index contributed by atoms with van der Waals surface area (Å²) in [5.41, 5.74) is 17.1. The fourth-order valence-corrected chi connectivity index (χ4v) is 9.59. The Morgan fingerprint density at radius 2 is 0.612 bits per heavy atom. The molecule has 0 N–H and O–H groups in total. The van der Waals surface area contributed by atoms with Crippen LogP contribution in [0.4, 0.5) is 51.2 Å². The van der Waals surface area contributed by atoms with Crippen LogP contribution in [0, 0.1) is 27.7 Å². The number of hydrogen-bond donors (Lipinski definition) is 0. The molecule has 0 spiro atoms. The fraction of sp³-hybridized carbons (Fsp3) is 0.0625. The van der Waals surface area contributed by atoms with Crippen molar-refractivity contribution in [1.82, 2.24) is 0 Å². The molecule has 322 valence electrons. The first kappa shape index (κ1) is 41.3. The summed E-state index contributed by atoms with van der Waals surface area (Å²) in [6, 6.07) is 87.0. The third-order valence-electron chi connectivity index (χ3n) is 13.0. The van der Waals surface area contributed by atoms with E-state index in [0.717, 1.165) is 67.5 Å². The molecule has 0 aliphatic carbocycles. The molecule has 0 unspecified atom stereocenters. The molecule has 3 heteroatoms. The zero-order valence-corrected chi connectivity index (χ0v) is 38.4. The number of rotatable bonds is 10. The van der Waals surface area contributed by atoms with Gasteiger partial charge in [0.15, 0.2) is 0 Å². The number of anilines is 9. The van der Waals surface area contributed by atoms with Gasteiger partial charge >= 0.3 is 0 Å². The highest BCUT2D eigenvalue weighted by Gasteiger charge is 2.26. The van der Waals surface area contributed by atoms with Gasteiger partial charge in [0, 0.05) is 56.3 Å². The average molecular weight is 862 g/mol. The number of nitrogens with zero attached hydrogens (tertiary/aromatic N) is 3. The van der Waals surface area contributed by atoms with Gasteiger partial charge in [-0.25, -0.2) is 0 Å². The van der Waals surface area contributed by atoms with E-state index >= 15 is 0 Å². The summed E-state index contributed by atoms with van der Waals surface area (Å²) in [6.07, 6.45) is 0. The molecule has 3 nitrogen and oxygen atoms in total. The van der Waals surface area contributed by atoms with Crippen molar-refractivity contribution < 1.29 is 0 Å². The van der Waals surface area contributed by atoms with Gasteiger partial charge in [0.2, 0.25) is 0 Å². The predicted molar refractivity (Wildman–Crippen MR) is 287 cm³/mol. The van der Waals surface area contributed by atoms with Crippen LogP contribution in [0.25, 0.3) is 43.4 Å². The quantitative estimate of drug-likeness (QED) is 0.127.